The van der Waals surface area contributed by atoms with E-state index in [1.807, 2.05) is 7.05 Å². The summed E-state index contributed by atoms with van der Waals surface area (Å²) in [5.41, 5.74) is 0. The Hall–Kier alpha value is 0.490. The Kier molecular flexibility index (Phi) is 4.93. The molecule has 0 spiro atoms. The molecule has 0 aliphatic rings. The summed E-state index contributed by atoms with van der Waals surface area (Å²) in [6.07, 6.45) is 0. The molecule has 0 aromatic rings. The minimum absolute atomic E-state index is 0.918. The highest BCUT2D eigenvalue weighted by atomic mass is 31.1. The summed E-state index contributed by atoms with van der Waals surface area (Å²) in [6.45, 7) is 0. The molecule has 0 aromatic carbocycles. The van der Waals surface area contributed by atoms with E-state index in [9.17, 15) is 0 Å². The average molecular weight is 108 g/mol. The van der Waals surface area contributed by atoms with Crippen LogP contribution in [0.15, 0.2) is 4.52 Å². The summed E-state index contributed by atoms with van der Waals surface area (Å²) in [5, 5.41) is 2.80. The second kappa shape index (κ2) is 4.49. The number of hydrogen-bond acceptors (Lipinski definition) is 1. The van der Waals surface area contributed by atoms with Crippen LogP contribution in [-0.2, 0) is 0 Å². The van der Waals surface area contributed by atoms with Gasteiger partial charge in [0, 0.05) is 0 Å². The number of nitrogens with zero attached hydrogens (tertiary/aromatic N) is 1. The Morgan fingerprint density at radius 3 is 2.60 bits per heavy atom. The molecule has 0 fully saturated rings. The number of nitrogens with one attached hydrogen (secondary N) is 1. The lowest BCUT2D eigenvalue weighted by atomic mass is 11.6. The van der Waals surface area contributed by atoms with Crippen molar-refractivity contribution in [2.45, 2.75) is 0 Å². The van der Waals surface area contributed by atoms with Gasteiger partial charge in [0.25, 0.3) is 0 Å². The van der Waals surface area contributed by atoms with Gasteiger partial charge in [-0.1, -0.05) is 0 Å². The summed E-state index contributed by atoms with van der Waals surface area (Å²) in [5.74, 6) is 0. The van der Waals surface area contributed by atoms with E-state index in [1.54, 1.807) is 0 Å². The van der Waals surface area contributed by atoms with Crippen LogP contribution in [0.3, 0.4) is 0 Å². The van der Waals surface area contributed by atoms with Crippen molar-refractivity contribution in [1.29, 1.82) is 0 Å². The van der Waals surface area contributed by atoms with Gasteiger partial charge in [-0.2, -0.15) is 0 Å². The Bertz CT molecular complexity index is 34.6. The second-order valence-electron chi connectivity index (χ2n) is 0.439. The van der Waals surface area contributed by atoms with Crippen molar-refractivity contribution in [2.75, 3.05) is 7.05 Å². The molecule has 0 aliphatic heterocycles. The molecule has 0 amide bonds. The fourth-order valence-electron chi connectivity index (χ4n) is 0.0577. The maximum atomic E-state index is 3.63. The molecule has 4 heteroatoms. The van der Waals surface area contributed by atoms with E-state index >= 15 is 0 Å². The van der Waals surface area contributed by atoms with E-state index in [0.29, 0.717) is 0 Å². The third-order valence-corrected chi connectivity index (χ3v) is 0.820. The third kappa shape index (κ3) is 4.49. The summed E-state index contributed by atoms with van der Waals surface area (Å²) in [6, 6.07) is 0. The van der Waals surface area contributed by atoms with Crippen LogP contribution in [-0.4, -0.2) is 7.05 Å². The third-order valence-electron chi connectivity index (χ3n) is 0.158. The average Bonchev–Trinajstić information content (AvgIpc) is 1.41. The maximum absolute atomic E-state index is 3.63. The van der Waals surface area contributed by atoms with E-state index in [-0.39, 0.29) is 0 Å². The molecule has 0 saturated heterocycles. The molecule has 0 bridgehead atoms. The van der Waals surface area contributed by atoms with Gasteiger partial charge in [-0.15, -0.1) is 0 Å². The molecule has 1 unspecified atom stereocenters. The lowest BCUT2D eigenvalue weighted by Gasteiger charge is -1.69. The largest absolute Gasteiger partial charge is 0.258 e. The standard InChI is InChI=1S/CH6N2P2/c1-2-5-3-4/h4H2,1H3,(H,2,3). The molecule has 2 nitrogen and oxygen atoms in total. The van der Waals surface area contributed by atoms with Gasteiger partial charge in [-0.3, -0.25) is 5.09 Å². The van der Waals surface area contributed by atoms with Gasteiger partial charge in [0.15, 0.2) is 0 Å². The van der Waals surface area contributed by atoms with Crippen molar-refractivity contribution in [2.24, 2.45) is 4.52 Å². The predicted molar refractivity (Wildman–Crippen MR) is 28.1 cm³/mol. The molecule has 5 heavy (non-hydrogen) atoms. The van der Waals surface area contributed by atoms with Gasteiger partial charge < -0.3 is 0 Å². The minimum Gasteiger partial charge on any atom is -0.258 e. The van der Waals surface area contributed by atoms with Gasteiger partial charge in [0.05, 0.1) is 8.52 Å². The van der Waals surface area contributed by atoms with Gasteiger partial charge in [-0.25, -0.2) is 4.52 Å². The second-order valence-corrected chi connectivity index (χ2v) is 2.01. The van der Waals surface area contributed by atoms with Gasteiger partial charge in [-0.05, 0) is 16.4 Å². The Morgan fingerprint density at radius 1 is 2.00 bits per heavy atom. The normalized spacial score (nSPS) is 10.0. The van der Waals surface area contributed by atoms with Gasteiger partial charge in [0.2, 0.25) is 0 Å². The van der Waals surface area contributed by atoms with E-state index < -0.39 is 0 Å². The summed E-state index contributed by atoms with van der Waals surface area (Å²) < 4.78 is 3.63. The molecule has 0 aliphatic carbocycles. The molecule has 0 rings (SSSR count). The van der Waals surface area contributed by atoms with Gasteiger partial charge >= 0.3 is 0 Å². The van der Waals surface area contributed by atoms with Crippen LogP contribution in [0.4, 0.5) is 0 Å². The Morgan fingerprint density at radius 2 is 2.60 bits per heavy atom. The van der Waals surface area contributed by atoms with Crippen LogP contribution in [0.1, 0.15) is 0 Å². The van der Waals surface area contributed by atoms with Crippen LogP contribution in [0.2, 0.25) is 0 Å². The quantitative estimate of drug-likeness (QED) is 0.498. The summed E-state index contributed by atoms with van der Waals surface area (Å²) in [7, 11) is 5.01. The zero-order valence-electron chi connectivity index (χ0n) is 2.97. The van der Waals surface area contributed by atoms with Gasteiger partial charge in [0.1, 0.15) is 0 Å². The molecule has 0 aromatic heterocycles. The van der Waals surface area contributed by atoms with Crippen molar-refractivity contribution in [3.05, 3.63) is 0 Å². The molecule has 1 atom stereocenters. The summed E-state index contributed by atoms with van der Waals surface area (Å²) >= 11 is 0. The van der Waals surface area contributed by atoms with Crippen LogP contribution >= 0.6 is 17.9 Å². The monoisotopic (exact) mass is 108 g/mol. The van der Waals surface area contributed by atoms with Crippen molar-refractivity contribution in [3.63, 3.8) is 0 Å². The Labute approximate surface area is 35.6 Å². The highest BCUT2D eigenvalue weighted by Crippen LogP contribution is 1.93. The van der Waals surface area contributed by atoms with Crippen molar-refractivity contribution < 1.29 is 0 Å². The maximum Gasteiger partial charge on any atom is 0.0935 e. The van der Waals surface area contributed by atoms with Crippen molar-refractivity contribution >= 4 is 17.9 Å². The van der Waals surface area contributed by atoms with Crippen LogP contribution < -0.4 is 5.09 Å². The molecular weight excluding hydrogens is 102 g/mol. The first-order valence-corrected chi connectivity index (χ1v) is 2.55. The van der Waals surface area contributed by atoms with E-state index in [1.165, 1.54) is 0 Å². The van der Waals surface area contributed by atoms with E-state index in [4.69, 9.17) is 0 Å². The van der Waals surface area contributed by atoms with Crippen molar-refractivity contribution in [1.82, 2.24) is 5.09 Å². The topological polar surface area (TPSA) is 24.4 Å². The predicted octanol–water partition coefficient (Wildman–Crippen LogP) is 1.04. The fourth-order valence-corrected chi connectivity index (χ4v) is 0.520. The number of rotatable bonds is 1. The van der Waals surface area contributed by atoms with E-state index in [2.05, 4.69) is 19.0 Å². The zero-order chi connectivity index (χ0) is 4.12. The lowest BCUT2D eigenvalue weighted by Crippen LogP contribution is -1.78. The van der Waals surface area contributed by atoms with Crippen LogP contribution in [0.5, 0.6) is 0 Å². The zero-order valence-corrected chi connectivity index (χ0v) is 5.02. The minimum atomic E-state index is 0.918. The highest BCUT2D eigenvalue weighted by Gasteiger charge is 1.49. The highest BCUT2D eigenvalue weighted by molar-refractivity contribution is 7.33. The van der Waals surface area contributed by atoms with Crippen molar-refractivity contribution in [3.8, 4) is 0 Å². The number of hydrogen-bond donors (Lipinski definition) is 1. The first kappa shape index (κ1) is 5.49. The molecule has 30 valence electrons. The summed E-state index contributed by atoms with van der Waals surface area (Å²) in [4.78, 5) is 0. The molecular formula is CH6N2P2. The lowest BCUT2D eigenvalue weighted by molar-refractivity contribution is 1.29. The first-order valence-electron chi connectivity index (χ1n) is 1.18. The first-order chi connectivity index (χ1) is 2.41. The smallest absolute Gasteiger partial charge is 0.0935 e. The van der Waals surface area contributed by atoms with E-state index in [0.717, 1.165) is 8.52 Å². The molecule has 0 heterocycles. The van der Waals surface area contributed by atoms with Crippen LogP contribution in [0, 0.1) is 0 Å². The molecule has 0 saturated carbocycles. The Balaban J connectivity index is 2.62. The fraction of sp³-hybridized carbons (Fsp3) is 1.00. The van der Waals surface area contributed by atoms with Crippen LogP contribution in [0.25, 0.3) is 0 Å². The molecule has 1 N–H and O–H groups in total. The molecule has 0 radical (unpaired) electrons. The SMILES string of the molecule is CNP=NP.